The number of carbonyl (C=O) groups is 1. The van der Waals surface area contributed by atoms with Gasteiger partial charge in [0.2, 0.25) is 5.91 Å². The van der Waals surface area contributed by atoms with Gasteiger partial charge in [-0.2, -0.15) is 5.10 Å². The van der Waals surface area contributed by atoms with E-state index >= 15 is 0 Å². The molecule has 1 amide bonds. The Bertz CT molecular complexity index is 490. The van der Waals surface area contributed by atoms with E-state index in [0.29, 0.717) is 5.69 Å². The highest BCUT2D eigenvalue weighted by Crippen LogP contribution is 2.18. The third-order valence-corrected chi connectivity index (χ3v) is 3.79. The predicted octanol–water partition coefficient (Wildman–Crippen LogP) is 1.94. The molecule has 0 saturated heterocycles. The lowest BCUT2D eigenvalue weighted by Gasteiger charge is -2.16. The van der Waals surface area contributed by atoms with E-state index < -0.39 is 4.92 Å². The van der Waals surface area contributed by atoms with Crippen LogP contribution in [0.25, 0.3) is 0 Å². The summed E-state index contributed by atoms with van der Waals surface area (Å²) < 4.78 is 1.38. The average Bonchev–Trinajstić information content (AvgIpc) is 2.62. The zero-order valence-corrected chi connectivity index (χ0v) is 11.7. The van der Waals surface area contributed by atoms with Crippen LogP contribution in [0.3, 0.4) is 0 Å². The molecule has 7 nitrogen and oxygen atoms in total. The lowest BCUT2D eigenvalue weighted by atomic mass is 10.1. The van der Waals surface area contributed by atoms with Crippen molar-refractivity contribution in [1.29, 1.82) is 0 Å². The lowest BCUT2D eigenvalue weighted by Crippen LogP contribution is -2.37. The quantitative estimate of drug-likeness (QED) is 0.518. The van der Waals surface area contributed by atoms with Crippen molar-refractivity contribution in [3.8, 4) is 0 Å². The van der Waals surface area contributed by atoms with Gasteiger partial charge in [-0.05, 0) is 19.8 Å². The van der Waals surface area contributed by atoms with E-state index in [0.717, 1.165) is 25.7 Å². The summed E-state index contributed by atoms with van der Waals surface area (Å²) in [6, 6.07) is 0.232. The van der Waals surface area contributed by atoms with Gasteiger partial charge in [0.25, 0.3) is 0 Å². The Morgan fingerprint density at radius 3 is 2.65 bits per heavy atom. The topological polar surface area (TPSA) is 90.1 Å². The fourth-order valence-corrected chi connectivity index (χ4v) is 2.61. The van der Waals surface area contributed by atoms with E-state index in [4.69, 9.17) is 0 Å². The second-order valence-corrected chi connectivity index (χ2v) is 5.29. The van der Waals surface area contributed by atoms with Crippen molar-refractivity contribution in [1.82, 2.24) is 15.1 Å². The first kappa shape index (κ1) is 14.5. The van der Waals surface area contributed by atoms with Crippen LogP contribution < -0.4 is 5.32 Å². The van der Waals surface area contributed by atoms with Gasteiger partial charge in [-0.3, -0.25) is 19.6 Å². The van der Waals surface area contributed by atoms with Crippen LogP contribution in [0.4, 0.5) is 5.69 Å². The fraction of sp³-hybridized carbons (Fsp3) is 0.692. The summed E-state index contributed by atoms with van der Waals surface area (Å²) in [6.45, 7) is 1.64. The summed E-state index contributed by atoms with van der Waals surface area (Å²) in [6.07, 6.45) is 7.99. The average molecular weight is 280 g/mol. The maximum Gasteiger partial charge on any atom is 0.309 e. The molecule has 1 aromatic heterocycles. The Morgan fingerprint density at radius 2 is 2.10 bits per heavy atom. The van der Waals surface area contributed by atoms with E-state index in [2.05, 4.69) is 10.4 Å². The summed E-state index contributed by atoms with van der Waals surface area (Å²) in [5.74, 6) is -0.127. The van der Waals surface area contributed by atoms with Crippen molar-refractivity contribution in [3.63, 3.8) is 0 Å². The van der Waals surface area contributed by atoms with Gasteiger partial charge >= 0.3 is 5.69 Å². The summed E-state index contributed by atoms with van der Waals surface area (Å²) >= 11 is 0. The molecule has 7 heteroatoms. The number of nitrogens with one attached hydrogen (secondary N) is 1. The molecule has 0 unspecified atom stereocenters. The first-order valence-electron chi connectivity index (χ1n) is 7.04. The SMILES string of the molecule is Cc1c([N+](=O)[O-])cnn1CC(=O)NC1CCCCCC1. The van der Waals surface area contributed by atoms with Gasteiger partial charge in [0.15, 0.2) is 0 Å². The predicted molar refractivity (Wildman–Crippen MR) is 73.3 cm³/mol. The molecule has 2 rings (SSSR count). The van der Waals surface area contributed by atoms with Crippen LogP contribution in [0.1, 0.15) is 44.2 Å². The van der Waals surface area contributed by atoms with E-state index in [1.165, 1.54) is 23.7 Å². The van der Waals surface area contributed by atoms with Crippen molar-refractivity contribution in [2.24, 2.45) is 0 Å². The minimum Gasteiger partial charge on any atom is -0.352 e. The summed E-state index contributed by atoms with van der Waals surface area (Å²) in [7, 11) is 0. The molecule has 0 radical (unpaired) electrons. The Morgan fingerprint density at radius 1 is 1.45 bits per heavy atom. The Labute approximate surface area is 117 Å². The van der Waals surface area contributed by atoms with Gasteiger partial charge in [-0.25, -0.2) is 0 Å². The van der Waals surface area contributed by atoms with Crippen LogP contribution in [-0.4, -0.2) is 26.7 Å². The molecule has 1 heterocycles. The van der Waals surface area contributed by atoms with E-state index in [-0.39, 0.29) is 24.2 Å². The number of hydrogen-bond donors (Lipinski definition) is 1. The first-order chi connectivity index (χ1) is 9.58. The second-order valence-electron chi connectivity index (χ2n) is 5.29. The highest BCUT2D eigenvalue weighted by molar-refractivity contribution is 5.76. The zero-order valence-electron chi connectivity index (χ0n) is 11.7. The molecule has 1 N–H and O–H groups in total. The van der Waals surface area contributed by atoms with Gasteiger partial charge in [-0.1, -0.05) is 25.7 Å². The highest BCUT2D eigenvalue weighted by atomic mass is 16.6. The van der Waals surface area contributed by atoms with Crippen LogP contribution in [0.5, 0.6) is 0 Å². The third kappa shape index (κ3) is 3.55. The first-order valence-corrected chi connectivity index (χ1v) is 7.04. The van der Waals surface area contributed by atoms with Gasteiger partial charge in [0.05, 0.1) is 4.92 Å². The lowest BCUT2D eigenvalue weighted by molar-refractivity contribution is -0.385. The minimum atomic E-state index is -0.484. The van der Waals surface area contributed by atoms with Crippen molar-refractivity contribution in [2.45, 2.75) is 58.0 Å². The molecule has 0 bridgehead atoms. The van der Waals surface area contributed by atoms with Crippen LogP contribution in [0, 0.1) is 17.0 Å². The number of nitro groups is 1. The Balaban J connectivity index is 1.92. The number of rotatable bonds is 4. The number of aromatic nitrogens is 2. The Hall–Kier alpha value is -1.92. The number of nitrogens with zero attached hydrogens (tertiary/aromatic N) is 3. The molecule has 0 atom stereocenters. The molecule has 1 aliphatic rings. The summed E-state index contributed by atoms with van der Waals surface area (Å²) in [5.41, 5.74) is 0.360. The van der Waals surface area contributed by atoms with E-state index in [1.54, 1.807) is 6.92 Å². The van der Waals surface area contributed by atoms with Crippen LogP contribution in [-0.2, 0) is 11.3 Å². The van der Waals surface area contributed by atoms with Crippen molar-refractivity contribution in [2.75, 3.05) is 0 Å². The zero-order chi connectivity index (χ0) is 14.5. The molecule has 1 saturated carbocycles. The molecule has 20 heavy (non-hydrogen) atoms. The number of carbonyl (C=O) groups excluding carboxylic acids is 1. The van der Waals surface area contributed by atoms with Crippen molar-refractivity contribution in [3.05, 3.63) is 22.0 Å². The van der Waals surface area contributed by atoms with Crippen molar-refractivity contribution >= 4 is 11.6 Å². The molecule has 1 aromatic rings. The van der Waals surface area contributed by atoms with Gasteiger partial charge in [0, 0.05) is 6.04 Å². The number of amides is 1. The standard InChI is InChI=1S/C13H20N4O3/c1-10-12(17(19)20)8-14-16(10)9-13(18)15-11-6-4-2-3-5-7-11/h8,11H,2-7,9H2,1H3,(H,15,18). The maximum atomic E-state index is 12.0. The maximum absolute atomic E-state index is 12.0. The molecular formula is C13H20N4O3. The van der Waals surface area contributed by atoms with Gasteiger partial charge in [0.1, 0.15) is 18.4 Å². The monoisotopic (exact) mass is 280 g/mol. The smallest absolute Gasteiger partial charge is 0.309 e. The third-order valence-electron chi connectivity index (χ3n) is 3.79. The molecule has 1 aliphatic carbocycles. The molecule has 0 spiro atoms. The molecular weight excluding hydrogens is 260 g/mol. The van der Waals surface area contributed by atoms with E-state index in [1.807, 2.05) is 0 Å². The minimum absolute atomic E-state index is 0.0379. The fourth-order valence-electron chi connectivity index (χ4n) is 2.61. The van der Waals surface area contributed by atoms with Crippen molar-refractivity contribution < 1.29 is 9.72 Å². The normalized spacial score (nSPS) is 16.6. The molecule has 0 aromatic carbocycles. The summed E-state index contributed by atoms with van der Waals surface area (Å²) in [4.78, 5) is 22.2. The van der Waals surface area contributed by atoms with Crippen LogP contribution in [0.2, 0.25) is 0 Å². The molecule has 110 valence electrons. The largest absolute Gasteiger partial charge is 0.352 e. The summed E-state index contributed by atoms with van der Waals surface area (Å²) in [5, 5.41) is 17.6. The molecule has 0 aliphatic heterocycles. The number of hydrogen-bond acceptors (Lipinski definition) is 4. The molecule has 1 fully saturated rings. The van der Waals surface area contributed by atoms with Crippen LogP contribution in [0.15, 0.2) is 6.20 Å². The highest BCUT2D eigenvalue weighted by Gasteiger charge is 2.19. The van der Waals surface area contributed by atoms with Crippen LogP contribution >= 0.6 is 0 Å². The Kier molecular flexibility index (Phi) is 4.70. The van der Waals surface area contributed by atoms with E-state index in [9.17, 15) is 14.9 Å². The van der Waals surface area contributed by atoms with Gasteiger partial charge in [-0.15, -0.1) is 0 Å². The second kappa shape index (κ2) is 6.49. The van der Waals surface area contributed by atoms with Gasteiger partial charge < -0.3 is 5.32 Å².